The molecule has 0 fully saturated rings. The minimum atomic E-state index is -1.85. The molecule has 2 unspecified atom stereocenters. The molecule has 10 nitrogen and oxygen atoms in total. The normalized spacial score (nSPS) is 13.0. The number of hydrogen-bond donors (Lipinski definition) is 3. The van der Waals surface area contributed by atoms with E-state index in [4.69, 9.17) is 19.7 Å². The second kappa shape index (κ2) is 9.68. The molecule has 0 spiro atoms. The Bertz CT molecular complexity index is 401. The molecule has 0 aromatic carbocycles. The van der Waals surface area contributed by atoms with Gasteiger partial charge in [-0.25, -0.2) is 9.59 Å². The number of aliphatic carboxylic acids is 2. The van der Waals surface area contributed by atoms with Crippen molar-refractivity contribution in [3.63, 3.8) is 0 Å². The van der Waals surface area contributed by atoms with Crippen molar-refractivity contribution >= 4 is 23.8 Å². The number of ether oxygens (including phenoxy) is 2. The predicted octanol–water partition coefficient (Wildman–Crippen LogP) is -1.15. The molecule has 0 bridgehead atoms. The fourth-order valence-electron chi connectivity index (χ4n) is 1.53. The first-order valence-electron chi connectivity index (χ1n) is 6.50. The van der Waals surface area contributed by atoms with Gasteiger partial charge in [0.2, 0.25) is 24.3 Å². The first-order valence-corrected chi connectivity index (χ1v) is 6.50. The lowest BCUT2D eigenvalue weighted by Crippen LogP contribution is -2.58. The summed E-state index contributed by atoms with van der Waals surface area (Å²) in [5.74, 6) is -4.59. The van der Waals surface area contributed by atoms with E-state index in [2.05, 4.69) is 5.32 Å². The van der Waals surface area contributed by atoms with Gasteiger partial charge in [0, 0.05) is 20.1 Å². The molecule has 0 aliphatic rings. The minimum absolute atomic E-state index is 0.0701. The van der Waals surface area contributed by atoms with Crippen LogP contribution in [0.3, 0.4) is 0 Å². The van der Waals surface area contributed by atoms with Gasteiger partial charge in [0.1, 0.15) is 0 Å². The minimum Gasteiger partial charge on any atom is -0.478 e. The highest BCUT2D eigenvalue weighted by molar-refractivity contribution is 5.90. The molecule has 10 heteroatoms. The lowest BCUT2D eigenvalue weighted by atomic mass is 10.3. The number of hydrogen-bond acceptors (Lipinski definition) is 6. The Morgan fingerprint density at radius 1 is 1.00 bits per heavy atom. The molecule has 2 atom stereocenters. The molecule has 0 aromatic rings. The zero-order chi connectivity index (χ0) is 17.3. The highest BCUT2D eigenvalue weighted by atomic mass is 16.6. The largest absolute Gasteiger partial charge is 0.478 e. The van der Waals surface area contributed by atoms with Gasteiger partial charge in [-0.2, -0.15) is 0 Å². The van der Waals surface area contributed by atoms with Crippen molar-refractivity contribution in [3.8, 4) is 0 Å². The molecule has 126 valence electrons. The van der Waals surface area contributed by atoms with Gasteiger partial charge in [-0.3, -0.25) is 14.5 Å². The van der Waals surface area contributed by atoms with Gasteiger partial charge >= 0.3 is 11.9 Å². The van der Waals surface area contributed by atoms with E-state index in [1.807, 2.05) is 0 Å². The molecule has 0 radical (unpaired) electrons. The SMILES string of the molecule is CCOC(C(=O)O)N(C(=O)CNC(C)=O)C(OCC)C(=O)O. The van der Waals surface area contributed by atoms with Crippen molar-refractivity contribution in [3.05, 3.63) is 0 Å². The Morgan fingerprint density at radius 2 is 1.41 bits per heavy atom. The average Bonchev–Trinajstić information content (AvgIpc) is 2.42. The molecule has 2 amide bonds. The van der Waals surface area contributed by atoms with Crippen molar-refractivity contribution < 1.29 is 38.9 Å². The van der Waals surface area contributed by atoms with Gasteiger partial charge in [-0.15, -0.1) is 0 Å². The van der Waals surface area contributed by atoms with Crippen molar-refractivity contribution in [2.24, 2.45) is 0 Å². The number of carbonyl (C=O) groups excluding carboxylic acids is 2. The maximum absolute atomic E-state index is 12.1. The molecule has 3 N–H and O–H groups in total. The smallest absolute Gasteiger partial charge is 0.354 e. The van der Waals surface area contributed by atoms with Crippen LogP contribution in [0.4, 0.5) is 0 Å². The van der Waals surface area contributed by atoms with Crippen LogP contribution in [0.2, 0.25) is 0 Å². The van der Waals surface area contributed by atoms with Crippen LogP contribution < -0.4 is 5.32 Å². The first kappa shape index (κ1) is 19.8. The van der Waals surface area contributed by atoms with Gasteiger partial charge in [0.05, 0.1) is 6.54 Å². The van der Waals surface area contributed by atoms with Crippen LogP contribution in [0.1, 0.15) is 20.8 Å². The summed E-state index contributed by atoms with van der Waals surface area (Å²) in [6, 6.07) is 0. The van der Waals surface area contributed by atoms with E-state index < -0.39 is 42.8 Å². The quantitative estimate of drug-likeness (QED) is 0.428. The Morgan fingerprint density at radius 3 is 1.68 bits per heavy atom. The Balaban J connectivity index is 5.50. The summed E-state index contributed by atoms with van der Waals surface area (Å²) in [5.41, 5.74) is 0. The zero-order valence-electron chi connectivity index (χ0n) is 12.6. The second-order valence-corrected chi connectivity index (χ2v) is 4.00. The maximum Gasteiger partial charge on any atom is 0.354 e. The molecule has 0 aromatic heterocycles. The molecule has 0 aliphatic carbocycles. The fraction of sp³-hybridized carbons (Fsp3) is 0.667. The van der Waals surface area contributed by atoms with Crippen LogP contribution in [0, 0.1) is 0 Å². The van der Waals surface area contributed by atoms with Crippen molar-refractivity contribution in [2.45, 2.75) is 33.2 Å². The number of nitrogens with zero attached hydrogens (tertiary/aromatic N) is 1. The van der Waals surface area contributed by atoms with E-state index in [0.717, 1.165) is 6.92 Å². The van der Waals surface area contributed by atoms with E-state index in [-0.39, 0.29) is 13.2 Å². The lowest BCUT2D eigenvalue weighted by molar-refractivity contribution is -0.200. The van der Waals surface area contributed by atoms with E-state index >= 15 is 0 Å². The summed E-state index contributed by atoms with van der Waals surface area (Å²) in [4.78, 5) is 45.9. The molecule has 0 saturated heterocycles. The average molecular weight is 320 g/mol. The summed E-state index contributed by atoms with van der Waals surface area (Å²) in [7, 11) is 0. The number of carboxylic acids is 2. The molecule has 0 saturated carbocycles. The number of nitrogens with one attached hydrogen (secondary N) is 1. The number of rotatable bonds is 10. The Labute approximate surface area is 127 Å². The molecule has 0 aliphatic heterocycles. The monoisotopic (exact) mass is 320 g/mol. The summed E-state index contributed by atoms with van der Waals surface area (Å²) in [6.45, 7) is 3.42. The summed E-state index contributed by atoms with van der Waals surface area (Å²) in [6.07, 6.45) is -3.70. The van der Waals surface area contributed by atoms with Gasteiger partial charge < -0.3 is 25.0 Å². The topological polar surface area (TPSA) is 142 Å². The Kier molecular flexibility index (Phi) is 8.72. The molecular formula is C12H20N2O8. The number of carboxylic acid groups (broad SMARTS) is 2. The molecule has 0 rings (SSSR count). The van der Waals surface area contributed by atoms with Gasteiger partial charge in [-0.05, 0) is 13.8 Å². The van der Waals surface area contributed by atoms with Crippen LogP contribution >= 0.6 is 0 Å². The Hall–Kier alpha value is -2.20. The van der Waals surface area contributed by atoms with Crippen molar-refractivity contribution in [1.29, 1.82) is 0 Å². The second-order valence-electron chi connectivity index (χ2n) is 4.00. The van der Waals surface area contributed by atoms with E-state index in [1.165, 1.54) is 13.8 Å². The van der Waals surface area contributed by atoms with Crippen LogP contribution in [0.5, 0.6) is 0 Å². The predicted molar refractivity (Wildman–Crippen MR) is 71.6 cm³/mol. The van der Waals surface area contributed by atoms with Crippen LogP contribution in [0.15, 0.2) is 0 Å². The highest BCUT2D eigenvalue weighted by Crippen LogP contribution is 2.11. The van der Waals surface area contributed by atoms with Crippen LogP contribution in [-0.4, -0.2) is 71.1 Å². The van der Waals surface area contributed by atoms with Crippen LogP contribution in [-0.2, 0) is 28.7 Å². The molecule has 22 heavy (non-hydrogen) atoms. The van der Waals surface area contributed by atoms with Crippen molar-refractivity contribution in [1.82, 2.24) is 10.2 Å². The summed E-state index contributed by atoms with van der Waals surface area (Å²) in [5, 5.41) is 20.5. The van der Waals surface area contributed by atoms with E-state index in [9.17, 15) is 19.2 Å². The van der Waals surface area contributed by atoms with Gasteiger partial charge in [0.25, 0.3) is 0 Å². The zero-order valence-corrected chi connectivity index (χ0v) is 12.6. The summed E-state index contributed by atoms with van der Waals surface area (Å²) >= 11 is 0. The first-order chi connectivity index (χ1) is 10.3. The fourth-order valence-corrected chi connectivity index (χ4v) is 1.53. The third kappa shape index (κ3) is 6.06. The molecule has 0 heterocycles. The van der Waals surface area contributed by atoms with Crippen LogP contribution in [0.25, 0.3) is 0 Å². The highest BCUT2D eigenvalue weighted by Gasteiger charge is 2.40. The van der Waals surface area contributed by atoms with E-state index in [1.54, 1.807) is 0 Å². The third-order valence-corrected chi connectivity index (χ3v) is 2.35. The van der Waals surface area contributed by atoms with E-state index in [0.29, 0.717) is 4.90 Å². The number of carbonyl (C=O) groups is 4. The standard InChI is InChI=1S/C12H20N2O8/c1-4-21-9(11(17)18)14(8(16)6-13-7(3)15)10(12(19)20)22-5-2/h9-10H,4-6H2,1-3H3,(H,13,15)(H,17,18)(H,19,20). The number of amides is 2. The maximum atomic E-state index is 12.1. The summed E-state index contributed by atoms with van der Waals surface area (Å²) < 4.78 is 9.84. The van der Waals surface area contributed by atoms with Gasteiger partial charge in [-0.1, -0.05) is 0 Å². The molecular weight excluding hydrogens is 300 g/mol. The van der Waals surface area contributed by atoms with Gasteiger partial charge in [0.15, 0.2) is 0 Å². The van der Waals surface area contributed by atoms with Crippen molar-refractivity contribution in [2.75, 3.05) is 19.8 Å². The lowest BCUT2D eigenvalue weighted by Gasteiger charge is -2.32. The third-order valence-electron chi connectivity index (χ3n) is 2.35.